The van der Waals surface area contributed by atoms with Gasteiger partial charge >= 0.3 is 0 Å². The smallest absolute Gasteiger partial charge is 0.186 e. The van der Waals surface area contributed by atoms with E-state index in [4.69, 9.17) is 14.2 Å². The molecule has 0 bridgehead atoms. The first-order valence-electron chi connectivity index (χ1n) is 8.62. The number of ether oxygens (including phenoxy) is 3. The van der Waals surface area contributed by atoms with Gasteiger partial charge in [0, 0.05) is 6.61 Å². The topological polar surface area (TPSA) is 88.4 Å². The average Bonchev–Trinajstić information content (AvgIpc) is 2.56. The Bertz CT molecular complexity index is 311. The molecule has 1 aliphatic heterocycles. The van der Waals surface area contributed by atoms with Crippen molar-refractivity contribution in [3.8, 4) is 0 Å². The van der Waals surface area contributed by atoms with Gasteiger partial charge in [-0.05, 0) is 6.42 Å². The fourth-order valence-corrected chi connectivity index (χ4v) is 2.63. The van der Waals surface area contributed by atoms with E-state index in [0.717, 1.165) is 12.8 Å². The molecule has 1 unspecified atom stereocenters. The summed E-state index contributed by atoms with van der Waals surface area (Å²) in [5.41, 5.74) is 0. The Labute approximate surface area is 139 Å². The van der Waals surface area contributed by atoms with Crippen molar-refractivity contribution in [3.05, 3.63) is 12.7 Å². The number of hydrogen-bond donors (Lipinski definition) is 3. The summed E-state index contributed by atoms with van der Waals surface area (Å²) in [7, 11) is 0. The summed E-state index contributed by atoms with van der Waals surface area (Å²) in [6, 6.07) is 0. The molecule has 6 heteroatoms. The number of rotatable bonds is 12. The van der Waals surface area contributed by atoms with Crippen LogP contribution in [0.15, 0.2) is 12.7 Å². The van der Waals surface area contributed by atoms with Crippen molar-refractivity contribution in [1.82, 2.24) is 0 Å². The number of unbranched alkanes of at least 4 members (excludes halogenated alkanes) is 5. The second-order valence-corrected chi connectivity index (χ2v) is 5.93. The van der Waals surface area contributed by atoms with Crippen LogP contribution >= 0.6 is 0 Å². The second kappa shape index (κ2) is 11.9. The van der Waals surface area contributed by atoms with E-state index in [1.165, 1.54) is 25.7 Å². The van der Waals surface area contributed by atoms with Crippen LogP contribution in [0.2, 0.25) is 0 Å². The van der Waals surface area contributed by atoms with Crippen molar-refractivity contribution in [2.75, 3.05) is 19.8 Å². The van der Waals surface area contributed by atoms with Crippen molar-refractivity contribution in [2.45, 2.75) is 76.2 Å². The van der Waals surface area contributed by atoms with Crippen LogP contribution in [-0.4, -0.2) is 65.8 Å². The van der Waals surface area contributed by atoms with Crippen molar-refractivity contribution in [2.24, 2.45) is 0 Å². The summed E-state index contributed by atoms with van der Waals surface area (Å²) in [4.78, 5) is 0. The summed E-state index contributed by atoms with van der Waals surface area (Å²) in [6.07, 6.45) is 3.58. The highest BCUT2D eigenvalue weighted by atomic mass is 16.7. The molecule has 1 aliphatic rings. The Kier molecular flexibility index (Phi) is 10.7. The fraction of sp³-hybridized carbons (Fsp3) is 0.882. The molecule has 0 aromatic carbocycles. The minimum Gasteiger partial charge on any atom is -0.394 e. The van der Waals surface area contributed by atoms with Crippen LogP contribution in [0.5, 0.6) is 0 Å². The molecular formula is C17H32O6. The van der Waals surface area contributed by atoms with Crippen LogP contribution in [0.3, 0.4) is 0 Å². The highest BCUT2D eigenvalue weighted by Crippen LogP contribution is 2.24. The minimum atomic E-state index is -1.20. The molecule has 0 radical (unpaired) electrons. The Morgan fingerprint density at radius 1 is 1.04 bits per heavy atom. The first-order chi connectivity index (χ1) is 11.2. The molecule has 0 saturated carbocycles. The van der Waals surface area contributed by atoms with E-state index in [1.54, 1.807) is 6.08 Å². The summed E-state index contributed by atoms with van der Waals surface area (Å²) in [5.74, 6) is 0. The van der Waals surface area contributed by atoms with Gasteiger partial charge in [-0.2, -0.15) is 0 Å². The van der Waals surface area contributed by atoms with E-state index < -0.39 is 30.7 Å². The van der Waals surface area contributed by atoms with Gasteiger partial charge in [0.25, 0.3) is 0 Å². The third-order valence-corrected chi connectivity index (χ3v) is 4.01. The number of hydrogen-bond acceptors (Lipinski definition) is 6. The Balaban J connectivity index is 2.41. The number of aliphatic hydroxyl groups is 3. The predicted molar refractivity (Wildman–Crippen MR) is 87.0 cm³/mol. The molecule has 136 valence electrons. The van der Waals surface area contributed by atoms with Crippen molar-refractivity contribution in [1.29, 1.82) is 0 Å². The Morgan fingerprint density at radius 3 is 2.39 bits per heavy atom. The van der Waals surface area contributed by atoms with Gasteiger partial charge in [-0.1, -0.05) is 45.1 Å². The summed E-state index contributed by atoms with van der Waals surface area (Å²) < 4.78 is 16.7. The van der Waals surface area contributed by atoms with Crippen LogP contribution in [0, 0.1) is 0 Å². The van der Waals surface area contributed by atoms with Gasteiger partial charge in [-0.3, -0.25) is 0 Å². The largest absolute Gasteiger partial charge is 0.394 e. The van der Waals surface area contributed by atoms with Gasteiger partial charge in [0.2, 0.25) is 0 Å². The molecule has 1 fully saturated rings. The predicted octanol–water partition coefficient (Wildman–Crippen LogP) is 1.37. The molecule has 0 spiro atoms. The van der Waals surface area contributed by atoms with Gasteiger partial charge in [-0.25, -0.2) is 0 Å². The van der Waals surface area contributed by atoms with Crippen LogP contribution in [0.1, 0.15) is 45.4 Å². The highest BCUT2D eigenvalue weighted by molar-refractivity contribution is 4.90. The Hall–Kier alpha value is -0.500. The van der Waals surface area contributed by atoms with E-state index in [2.05, 4.69) is 13.5 Å². The zero-order valence-electron chi connectivity index (χ0n) is 14.1. The lowest BCUT2D eigenvalue weighted by molar-refractivity contribution is -0.308. The third-order valence-electron chi connectivity index (χ3n) is 4.01. The van der Waals surface area contributed by atoms with Gasteiger partial charge in [0.1, 0.15) is 24.4 Å². The Morgan fingerprint density at radius 2 is 1.74 bits per heavy atom. The van der Waals surface area contributed by atoms with E-state index in [9.17, 15) is 15.3 Å². The SMILES string of the molecule is C=CCO[C@H]1C(OCCCCCCCC)O[C@H](CO)[C@@H](O)[C@@H]1O. The lowest BCUT2D eigenvalue weighted by Crippen LogP contribution is -2.60. The molecule has 23 heavy (non-hydrogen) atoms. The summed E-state index contributed by atoms with van der Waals surface area (Å²) in [6.45, 7) is 6.08. The van der Waals surface area contributed by atoms with Crippen LogP contribution in [0.4, 0.5) is 0 Å². The van der Waals surface area contributed by atoms with Gasteiger partial charge in [-0.15, -0.1) is 6.58 Å². The molecule has 0 aromatic heterocycles. The van der Waals surface area contributed by atoms with Crippen molar-refractivity contribution < 1.29 is 29.5 Å². The lowest BCUT2D eigenvalue weighted by atomic mass is 9.99. The van der Waals surface area contributed by atoms with E-state index in [-0.39, 0.29) is 13.2 Å². The molecule has 1 rings (SSSR count). The van der Waals surface area contributed by atoms with Gasteiger partial charge in [0.05, 0.1) is 13.2 Å². The third kappa shape index (κ3) is 6.87. The van der Waals surface area contributed by atoms with E-state index in [1.807, 2.05) is 0 Å². The average molecular weight is 332 g/mol. The van der Waals surface area contributed by atoms with Crippen LogP contribution in [-0.2, 0) is 14.2 Å². The summed E-state index contributed by atoms with van der Waals surface area (Å²) in [5, 5.41) is 29.3. The van der Waals surface area contributed by atoms with Crippen LogP contribution in [0.25, 0.3) is 0 Å². The first-order valence-corrected chi connectivity index (χ1v) is 8.62. The minimum absolute atomic E-state index is 0.221. The quantitative estimate of drug-likeness (QED) is 0.370. The van der Waals surface area contributed by atoms with Crippen LogP contribution < -0.4 is 0 Å². The molecule has 6 nitrogen and oxygen atoms in total. The fourth-order valence-electron chi connectivity index (χ4n) is 2.63. The zero-order valence-corrected chi connectivity index (χ0v) is 14.1. The maximum atomic E-state index is 10.2. The lowest BCUT2D eigenvalue weighted by Gasteiger charge is -2.41. The molecule has 0 amide bonds. The monoisotopic (exact) mass is 332 g/mol. The normalized spacial score (nSPS) is 31.2. The number of aliphatic hydroxyl groups excluding tert-OH is 3. The van der Waals surface area contributed by atoms with Crippen molar-refractivity contribution >= 4 is 0 Å². The molecule has 3 N–H and O–H groups in total. The van der Waals surface area contributed by atoms with Gasteiger partial charge < -0.3 is 29.5 Å². The molecular weight excluding hydrogens is 300 g/mol. The van der Waals surface area contributed by atoms with Gasteiger partial charge in [0.15, 0.2) is 6.29 Å². The molecule has 1 heterocycles. The van der Waals surface area contributed by atoms with E-state index in [0.29, 0.717) is 6.61 Å². The molecule has 0 aromatic rings. The van der Waals surface area contributed by atoms with E-state index >= 15 is 0 Å². The second-order valence-electron chi connectivity index (χ2n) is 5.93. The molecule has 0 aliphatic carbocycles. The highest BCUT2D eigenvalue weighted by Gasteiger charge is 2.45. The standard InChI is InChI=1S/C17H32O6/c1-3-5-6-7-8-9-11-22-17-16(21-10-4-2)15(20)14(19)13(12-18)23-17/h4,13-20H,2-3,5-12H2,1H3/t13-,14-,15+,16-,17?/m1/s1. The van der Waals surface area contributed by atoms with Crippen molar-refractivity contribution in [3.63, 3.8) is 0 Å². The molecule has 1 saturated heterocycles. The maximum absolute atomic E-state index is 10.2. The molecule has 5 atom stereocenters. The first kappa shape index (κ1) is 20.5. The summed E-state index contributed by atoms with van der Waals surface area (Å²) >= 11 is 0. The maximum Gasteiger partial charge on any atom is 0.186 e. The zero-order chi connectivity index (χ0) is 17.1.